The summed E-state index contributed by atoms with van der Waals surface area (Å²) in [5.41, 5.74) is 3.57. The van der Waals surface area contributed by atoms with Gasteiger partial charge in [0, 0.05) is 35.1 Å². The first-order valence-corrected chi connectivity index (χ1v) is 9.55. The fraction of sp³-hybridized carbons (Fsp3) is 0. The van der Waals surface area contributed by atoms with Gasteiger partial charge in [-0.05, 0) is 11.1 Å². The van der Waals surface area contributed by atoms with Crippen molar-refractivity contribution in [3.05, 3.63) is 101 Å². The van der Waals surface area contributed by atoms with Crippen LogP contribution < -0.4 is 5.10 Å². The van der Waals surface area contributed by atoms with Crippen molar-refractivity contribution in [3.8, 4) is 0 Å². The third kappa shape index (κ3) is 3.47. The summed E-state index contributed by atoms with van der Waals surface area (Å²) in [6.07, 6.45) is 3.32. The Bertz CT molecular complexity index is 1400. The number of aliphatic imine (C=N–C) groups is 4. The van der Waals surface area contributed by atoms with Crippen LogP contribution in [-0.2, 0) is 17.1 Å². The van der Waals surface area contributed by atoms with Gasteiger partial charge in [0.25, 0.3) is 0 Å². The quantitative estimate of drug-likeness (QED) is 0.455. The van der Waals surface area contributed by atoms with Crippen molar-refractivity contribution in [2.75, 3.05) is 0 Å². The first-order valence-electron chi connectivity index (χ1n) is 9.55. The summed E-state index contributed by atoms with van der Waals surface area (Å²) in [6.45, 7) is 0. The molecule has 0 unspecified atom stereocenters. The smallest absolute Gasteiger partial charge is 0.581 e. The largest absolute Gasteiger partial charge is 2.00 e. The van der Waals surface area contributed by atoms with Crippen molar-refractivity contribution >= 4 is 35.0 Å². The molecule has 2 aliphatic heterocycles. The van der Waals surface area contributed by atoms with Crippen LogP contribution in [0.25, 0.3) is 5.32 Å². The minimum absolute atomic E-state index is 0. The number of H-pyrrole nitrogens is 1. The number of benzene rings is 2. The number of fused-ring (bicyclic) bond motifs is 2. The molecular weight excluding hydrogens is 454 g/mol. The maximum absolute atomic E-state index is 4.79. The van der Waals surface area contributed by atoms with E-state index in [0.29, 0.717) is 35.0 Å². The standard InChI is InChI=1S/C22H13N9.Cu/c1-3-7-15-13(5-1)19(25-17-9-11-23-30-17)27-21(15)29-22-16-8-4-2-6-14(16)20(28-22)26-18-10-12-24-31-18;/h1-12H,(H-2,23,24,25,26,27,28,29,30,31);/q-2;+2. The zero-order valence-corrected chi connectivity index (χ0v) is 17.2. The predicted molar refractivity (Wildman–Crippen MR) is 118 cm³/mol. The summed E-state index contributed by atoms with van der Waals surface area (Å²) >= 11 is 0. The van der Waals surface area contributed by atoms with E-state index in [-0.39, 0.29) is 17.1 Å². The van der Waals surface area contributed by atoms with Gasteiger partial charge < -0.3 is 25.5 Å². The fourth-order valence-corrected chi connectivity index (χ4v) is 3.45. The van der Waals surface area contributed by atoms with E-state index in [1.54, 1.807) is 24.5 Å². The topological polar surface area (TPSA) is 119 Å². The molecule has 1 N–H and O–H groups in total. The summed E-state index contributed by atoms with van der Waals surface area (Å²) in [6, 6.07) is 19.2. The van der Waals surface area contributed by atoms with Crippen LogP contribution in [0.2, 0.25) is 0 Å². The van der Waals surface area contributed by atoms with E-state index in [1.165, 1.54) is 0 Å². The molecule has 0 fully saturated rings. The van der Waals surface area contributed by atoms with Crippen molar-refractivity contribution < 1.29 is 17.1 Å². The van der Waals surface area contributed by atoms with E-state index in [0.717, 1.165) is 22.3 Å². The van der Waals surface area contributed by atoms with Crippen LogP contribution in [-0.4, -0.2) is 38.6 Å². The molecule has 9 nitrogen and oxygen atoms in total. The van der Waals surface area contributed by atoms with Crippen molar-refractivity contribution in [1.29, 1.82) is 0 Å². The molecule has 157 valence electrons. The molecule has 1 radical (unpaired) electrons. The molecule has 0 spiro atoms. The molecule has 0 atom stereocenters. The second-order valence-electron chi connectivity index (χ2n) is 6.77. The number of aromatic amines is 1. The maximum atomic E-state index is 4.79. The van der Waals surface area contributed by atoms with Gasteiger partial charge in [0.15, 0.2) is 11.7 Å². The number of aromatic nitrogens is 4. The van der Waals surface area contributed by atoms with E-state index in [2.05, 4.69) is 40.7 Å². The molecule has 4 heterocycles. The Balaban J connectivity index is 0.00000216. The van der Waals surface area contributed by atoms with Crippen molar-refractivity contribution in [3.63, 3.8) is 0 Å². The molecule has 0 aliphatic carbocycles. The molecule has 0 amide bonds. The van der Waals surface area contributed by atoms with E-state index in [1.807, 2.05) is 48.5 Å². The number of amidine groups is 4. The average Bonchev–Trinajstić information content (AvgIpc) is 3.59. The molecule has 10 heteroatoms. The Morgan fingerprint density at radius 3 is 2.12 bits per heavy atom. The third-order valence-electron chi connectivity index (χ3n) is 4.83. The van der Waals surface area contributed by atoms with Crippen LogP contribution in [0, 0.1) is 0 Å². The summed E-state index contributed by atoms with van der Waals surface area (Å²) in [5.74, 6) is 3.27. The Kier molecular flexibility index (Phi) is 5.06. The molecule has 6 rings (SSSR count). The first-order chi connectivity index (χ1) is 15.3. The predicted octanol–water partition coefficient (Wildman–Crippen LogP) is 3.51. The first kappa shape index (κ1) is 19.8. The Morgan fingerprint density at radius 1 is 0.719 bits per heavy atom. The van der Waals surface area contributed by atoms with E-state index >= 15 is 0 Å². The van der Waals surface area contributed by atoms with Crippen LogP contribution in [0.5, 0.6) is 0 Å². The fourth-order valence-electron chi connectivity index (χ4n) is 3.45. The number of hydrogen-bond donors (Lipinski definition) is 1. The average molecular weight is 467 g/mol. The summed E-state index contributed by atoms with van der Waals surface area (Å²) in [7, 11) is 0. The number of nitrogens with zero attached hydrogens (tertiary/aromatic N) is 8. The van der Waals surface area contributed by atoms with Crippen molar-refractivity contribution in [2.24, 2.45) is 20.0 Å². The van der Waals surface area contributed by atoms with Gasteiger partial charge in [0.05, 0.1) is 11.7 Å². The zero-order chi connectivity index (χ0) is 20.6. The van der Waals surface area contributed by atoms with Gasteiger partial charge in [-0.25, -0.2) is 9.98 Å². The SMILES string of the molecule is [Cu+2].c1ccc2c(c1)C(N=C1[N-]C(=Nc3cc[n-]n3)c3ccccc31)=NC2=Nc1cc[nH]n1. The van der Waals surface area contributed by atoms with Crippen molar-refractivity contribution in [2.45, 2.75) is 0 Å². The molecule has 0 bridgehead atoms. The van der Waals surface area contributed by atoms with Gasteiger partial charge in [-0.3, -0.25) is 5.10 Å². The minimum atomic E-state index is 0. The molecule has 2 aliphatic rings. The van der Waals surface area contributed by atoms with Crippen LogP contribution in [0.4, 0.5) is 11.6 Å². The number of nitrogens with one attached hydrogen (secondary N) is 1. The molecule has 32 heavy (non-hydrogen) atoms. The van der Waals surface area contributed by atoms with Crippen LogP contribution in [0.15, 0.2) is 93.0 Å². The number of hydrogen-bond acceptors (Lipinski definition) is 5. The second-order valence-corrected chi connectivity index (χ2v) is 6.77. The Morgan fingerprint density at radius 2 is 1.44 bits per heavy atom. The molecular formula is C22H13CuN9. The molecule has 0 saturated carbocycles. The molecule has 0 saturated heterocycles. The van der Waals surface area contributed by atoms with E-state index in [9.17, 15) is 0 Å². The van der Waals surface area contributed by atoms with Crippen molar-refractivity contribution in [1.82, 2.24) is 20.4 Å². The second kappa shape index (κ2) is 8.18. The normalized spacial score (nSPS) is 17.8. The van der Waals surface area contributed by atoms with E-state index in [4.69, 9.17) is 4.99 Å². The van der Waals surface area contributed by atoms with Crippen LogP contribution >= 0.6 is 0 Å². The van der Waals surface area contributed by atoms with Gasteiger partial charge in [-0.2, -0.15) is 11.3 Å². The van der Waals surface area contributed by atoms with E-state index < -0.39 is 0 Å². The van der Waals surface area contributed by atoms with Gasteiger partial charge in [-0.1, -0.05) is 54.6 Å². The molecule has 2 aromatic heterocycles. The molecule has 4 aromatic rings. The third-order valence-corrected chi connectivity index (χ3v) is 4.83. The monoisotopic (exact) mass is 466 g/mol. The van der Waals surface area contributed by atoms with Crippen LogP contribution in [0.1, 0.15) is 22.3 Å². The summed E-state index contributed by atoms with van der Waals surface area (Å²) in [4.78, 5) is 18.5. The van der Waals surface area contributed by atoms with Gasteiger partial charge in [0.1, 0.15) is 0 Å². The zero-order valence-electron chi connectivity index (χ0n) is 16.3. The summed E-state index contributed by atoms with van der Waals surface area (Å²) < 4.78 is 0. The Hall–Kier alpha value is -4.14. The summed E-state index contributed by atoms with van der Waals surface area (Å²) in [5, 5.41) is 19.3. The minimum Gasteiger partial charge on any atom is -0.581 e. The Labute approximate surface area is 193 Å². The van der Waals surface area contributed by atoms with Gasteiger partial charge >= 0.3 is 17.1 Å². The number of rotatable bonds is 2. The van der Waals surface area contributed by atoms with Crippen LogP contribution in [0.3, 0.4) is 0 Å². The molecule has 2 aromatic carbocycles. The van der Waals surface area contributed by atoms with Gasteiger partial charge in [-0.15, -0.1) is 0 Å². The van der Waals surface area contributed by atoms with Gasteiger partial charge in [0.2, 0.25) is 0 Å². The maximum Gasteiger partial charge on any atom is 2.00 e.